The summed E-state index contributed by atoms with van der Waals surface area (Å²) in [4.78, 5) is 11.8. The third kappa shape index (κ3) is 4.57. The Morgan fingerprint density at radius 2 is 2.04 bits per heavy atom. The molecule has 3 rings (SSSR count). The van der Waals surface area contributed by atoms with Gasteiger partial charge in [0.15, 0.2) is 12.4 Å². The minimum absolute atomic E-state index is 0.111. The fourth-order valence-electron chi connectivity index (χ4n) is 2.00. The summed E-state index contributed by atoms with van der Waals surface area (Å²) in [5.74, 6) is 1.16. The number of benzene rings is 1. The Kier molecular flexibility index (Phi) is 5.26. The van der Waals surface area contributed by atoms with Gasteiger partial charge in [-0.05, 0) is 42.8 Å². The second kappa shape index (κ2) is 7.96. The standard InChI is InChI=1S/C18H16N2O5/c1-2-22-14-8-5-13(6-9-14)7-10-17(21)24-12-16-19-20-18(25-16)15-4-3-11-23-15/h3-11H,2,12H2,1H3/b10-7+. The maximum absolute atomic E-state index is 11.8. The zero-order valence-corrected chi connectivity index (χ0v) is 13.5. The van der Waals surface area contributed by atoms with Crippen molar-refractivity contribution >= 4 is 12.0 Å². The van der Waals surface area contributed by atoms with Gasteiger partial charge in [-0.3, -0.25) is 0 Å². The van der Waals surface area contributed by atoms with Crippen molar-refractivity contribution in [3.8, 4) is 17.4 Å². The lowest BCUT2D eigenvalue weighted by Crippen LogP contribution is -2.00. The van der Waals surface area contributed by atoms with Gasteiger partial charge in [-0.2, -0.15) is 0 Å². The van der Waals surface area contributed by atoms with Crippen LogP contribution in [-0.2, 0) is 16.1 Å². The Bertz CT molecular complexity index is 835. The highest BCUT2D eigenvalue weighted by molar-refractivity contribution is 5.87. The molecule has 0 bridgehead atoms. The van der Waals surface area contributed by atoms with Crippen LogP contribution < -0.4 is 4.74 Å². The second-order valence-electron chi connectivity index (χ2n) is 4.92. The highest BCUT2D eigenvalue weighted by Crippen LogP contribution is 2.18. The zero-order valence-electron chi connectivity index (χ0n) is 13.5. The summed E-state index contributed by atoms with van der Waals surface area (Å²) in [5, 5.41) is 7.62. The first-order chi connectivity index (χ1) is 12.2. The molecule has 0 radical (unpaired) electrons. The van der Waals surface area contributed by atoms with Crippen molar-refractivity contribution < 1.29 is 23.1 Å². The number of carbonyl (C=O) groups is 1. The maximum atomic E-state index is 11.8. The largest absolute Gasteiger partial charge is 0.494 e. The summed E-state index contributed by atoms with van der Waals surface area (Å²) < 4.78 is 20.9. The molecule has 0 N–H and O–H groups in total. The van der Waals surface area contributed by atoms with E-state index in [1.54, 1.807) is 18.2 Å². The molecule has 0 fully saturated rings. The third-order valence-electron chi connectivity index (χ3n) is 3.14. The topological polar surface area (TPSA) is 87.6 Å². The van der Waals surface area contributed by atoms with Crippen molar-refractivity contribution in [3.63, 3.8) is 0 Å². The molecule has 0 spiro atoms. The van der Waals surface area contributed by atoms with Gasteiger partial charge in [-0.15, -0.1) is 10.2 Å². The van der Waals surface area contributed by atoms with Crippen LogP contribution in [0.25, 0.3) is 17.7 Å². The molecule has 25 heavy (non-hydrogen) atoms. The lowest BCUT2D eigenvalue weighted by atomic mass is 10.2. The fraction of sp³-hybridized carbons (Fsp3) is 0.167. The van der Waals surface area contributed by atoms with Gasteiger partial charge in [0.1, 0.15) is 5.75 Å². The molecular weight excluding hydrogens is 324 g/mol. The molecule has 0 amide bonds. The molecule has 128 valence electrons. The van der Waals surface area contributed by atoms with Gasteiger partial charge >= 0.3 is 5.97 Å². The monoisotopic (exact) mass is 340 g/mol. The van der Waals surface area contributed by atoms with Crippen LogP contribution in [0.4, 0.5) is 0 Å². The van der Waals surface area contributed by atoms with E-state index < -0.39 is 5.97 Å². The first-order valence-corrected chi connectivity index (χ1v) is 7.68. The zero-order chi connectivity index (χ0) is 17.5. The van der Waals surface area contributed by atoms with Crippen LogP contribution in [-0.4, -0.2) is 22.8 Å². The lowest BCUT2D eigenvalue weighted by molar-refractivity contribution is -0.139. The molecule has 0 saturated carbocycles. The summed E-state index contributed by atoms with van der Waals surface area (Å²) in [5.41, 5.74) is 0.860. The van der Waals surface area contributed by atoms with Gasteiger partial charge in [0.25, 0.3) is 11.8 Å². The van der Waals surface area contributed by atoms with Crippen LogP contribution >= 0.6 is 0 Å². The van der Waals surface area contributed by atoms with E-state index in [1.807, 2.05) is 31.2 Å². The first-order valence-electron chi connectivity index (χ1n) is 7.68. The Balaban J connectivity index is 1.51. The van der Waals surface area contributed by atoms with Crippen LogP contribution in [0.3, 0.4) is 0 Å². The third-order valence-corrected chi connectivity index (χ3v) is 3.14. The van der Waals surface area contributed by atoms with E-state index in [9.17, 15) is 4.79 Å². The molecule has 0 aliphatic carbocycles. The molecule has 7 nitrogen and oxygen atoms in total. The van der Waals surface area contributed by atoms with Crippen molar-refractivity contribution in [1.82, 2.24) is 10.2 Å². The first kappa shape index (κ1) is 16.5. The van der Waals surface area contributed by atoms with Crippen molar-refractivity contribution in [2.45, 2.75) is 13.5 Å². The quantitative estimate of drug-likeness (QED) is 0.480. The van der Waals surface area contributed by atoms with E-state index in [2.05, 4.69) is 10.2 Å². The van der Waals surface area contributed by atoms with Crippen LogP contribution in [0.5, 0.6) is 5.75 Å². The van der Waals surface area contributed by atoms with Crippen LogP contribution in [0.2, 0.25) is 0 Å². The Labute approximate surface area is 143 Å². The maximum Gasteiger partial charge on any atom is 0.331 e. The van der Waals surface area contributed by atoms with E-state index in [0.717, 1.165) is 11.3 Å². The van der Waals surface area contributed by atoms with E-state index in [4.69, 9.17) is 18.3 Å². The van der Waals surface area contributed by atoms with Gasteiger partial charge in [0, 0.05) is 6.08 Å². The van der Waals surface area contributed by atoms with Crippen LogP contribution in [0.1, 0.15) is 18.4 Å². The Morgan fingerprint density at radius 3 is 2.76 bits per heavy atom. The SMILES string of the molecule is CCOc1ccc(/C=C/C(=O)OCc2nnc(-c3ccco3)o2)cc1. The van der Waals surface area contributed by atoms with Gasteiger partial charge in [0.2, 0.25) is 0 Å². The second-order valence-corrected chi connectivity index (χ2v) is 4.92. The number of esters is 1. The average Bonchev–Trinajstić information content (AvgIpc) is 3.31. The van der Waals surface area contributed by atoms with Gasteiger partial charge in [0.05, 0.1) is 12.9 Å². The molecule has 3 aromatic rings. The van der Waals surface area contributed by atoms with E-state index in [1.165, 1.54) is 12.3 Å². The molecule has 0 aliphatic heterocycles. The van der Waals surface area contributed by atoms with Crippen LogP contribution in [0, 0.1) is 0 Å². The predicted octanol–water partition coefficient (Wildman–Crippen LogP) is 3.48. The smallest absolute Gasteiger partial charge is 0.331 e. The molecular formula is C18H16N2O5. The molecule has 0 aliphatic rings. The number of carbonyl (C=O) groups excluding carboxylic acids is 1. The van der Waals surface area contributed by atoms with Crippen molar-refractivity contribution in [2.24, 2.45) is 0 Å². The predicted molar refractivity (Wildman–Crippen MR) is 88.4 cm³/mol. The fourth-order valence-corrected chi connectivity index (χ4v) is 2.00. The normalized spacial score (nSPS) is 10.9. The van der Waals surface area contributed by atoms with Crippen molar-refractivity contribution in [1.29, 1.82) is 0 Å². The number of hydrogen-bond acceptors (Lipinski definition) is 7. The average molecular weight is 340 g/mol. The van der Waals surface area contributed by atoms with E-state index >= 15 is 0 Å². The summed E-state index contributed by atoms with van der Waals surface area (Å²) >= 11 is 0. The van der Waals surface area contributed by atoms with Crippen LogP contribution in [0.15, 0.2) is 57.6 Å². The molecule has 7 heteroatoms. The van der Waals surface area contributed by atoms with Gasteiger partial charge < -0.3 is 18.3 Å². The number of furan rings is 1. The highest BCUT2D eigenvalue weighted by Gasteiger charge is 2.11. The molecule has 0 unspecified atom stereocenters. The molecule has 0 saturated heterocycles. The summed E-state index contributed by atoms with van der Waals surface area (Å²) in [6.45, 7) is 2.42. The Hall–Kier alpha value is -3.35. The summed E-state index contributed by atoms with van der Waals surface area (Å²) in [7, 11) is 0. The van der Waals surface area contributed by atoms with Gasteiger partial charge in [-0.1, -0.05) is 12.1 Å². The lowest BCUT2D eigenvalue weighted by Gasteiger charge is -2.02. The Morgan fingerprint density at radius 1 is 1.20 bits per heavy atom. The minimum Gasteiger partial charge on any atom is -0.494 e. The molecule has 2 heterocycles. The van der Waals surface area contributed by atoms with Crippen molar-refractivity contribution in [2.75, 3.05) is 6.61 Å². The highest BCUT2D eigenvalue weighted by atomic mass is 16.5. The van der Waals surface area contributed by atoms with E-state index in [0.29, 0.717) is 12.4 Å². The molecule has 2 aromatic heterocycles. The number of rotatable bonds is 7. The molecule has 0 atom stereocenters. The van der Waals surface area contributed by atoms with E-state index in [-0.39, 0.29) is 18.4 Å². The number of ether oxygens (including phenoxy) is 2. The van der Waals surface area contributed by atoms with Gasteiger partial charge in [-0.25, -0.2) is 4.79 Å². The minimum atomic E-state index is -0.508. The number of hydrogen-bond donors (Lipinski definition) is 0. The summed E-state index contributed by atoms with van der Waals surface area (Å²) in [6, 6.07) is 10.8. The molecule has 1 aromatic carbocycles. The number of nitrogens with zero attached hydrogens (tertiary/aromatic N) is 2. The van der Waals surface area contributed by atoms with Crippen molar-refractivity contribution in [3.05, 3.63) is 60.2 Å². The number of aromatic nitrogens is 2. The summed E-state index contributed by atoms with van der Waals surface area (Å²) in [6.07, 6.45) is 4.49.